The standard InChI is InChI=1S/C11H18N2O6/c1-19-11(18)12-8-4-7(10(16)17)5-13(6-8)3-2-9(14)15/h7-8H,2-6H2,1H3,(H,12,18)(H,14,15)(H,16,17). The Morgan fingerprint density at radius 2 is 2.00 bits per heavy atom. The molecule has 3 N–H and O–H groups in total. The molecule has 1 saturated heterocycles. The SMILES string of the molecule is COC(=O)NC1CC(C(=O)O)CN(CCC(=O)O)C1. The number of carboxylic acid groups (broad SMARTS) is 2. The molecule has 8 heteroatoms. The number of piperidine rings is 1. The van der Waals surface area contributed by atoms with Crippen LogP contribution < -0.4 is 5.32 Å². The van der Waals surface area contributed by atoms with Gasteiger partial charge in [0.05, 0.1) is 19.4 Å². The van der Waals surface area contributed by atoms with Crippen molar-refractivity contribution in [2.45, 2.75) is 18.9 Å². The third-order valence-corrected chi connectivity index (χ3v) is 3.02. The quantitative estimate of drug-likeness (QED) is 0.624. The van der Waals surface area contributed by atoms with Gasteiger partial charge in [-0.1, -0.05) is 0 Å². The molecular weight excluding hydrogens is 256 g/mol. The van der Waals surface area contributed by atoms with Gasteiger partial charge in [0.1, 0.15) is 0 Å². The number of methoxy groups -OCH3 is 1. The molecule has 0 bridgehead atoms. The Morgan fingerprint density at radius 1 is 1.32 bits per heavy atom. The summed E-state index contributed by atoms with van der Waals surface area (Å²) in [5.41, 5.74) is 0. The van der Waals surface area contributed by atoms with E-state index >= 15 is 0 Å². The highest BCUT2D eigenvalue weighted by Gasteiger charge is 2.32. The third-order valence-electron chi connectivity index (χ3n) is 3.02. The molecule has 1 aliphatic heterocycles. The summed E-state index contributed by atoms with van der Waals surface area (Å²) < 4.78 is 4.47. The lowest BCUT2D eigenvalue weighted by atomic mass is 9.94. The van der Waals surface area contributed by atoms with Crippen LogP contribution >= 0.6 is 0 Å². The lowest BCUT2D eigenvalue weighted by Crippen LogP contribution is -2.52. The van der Waals surface area contributed by atoms with Gasteiger partial charge in [-0.05, 0) is 6.42 Å². The van der Waals surface area contributed by atoms with Crippen molar-refractivity contribution in [1.82, 2.24) is 10.2 Å². The first-order valence-corrected chi connectivity index (χ1v) is 5.93. The van der Waals surface area contributed by atoms with Gasteiger partial charge in [0.25, 0.3) is 0 Å². The number of hydrogen-bond donors (Lipinski definition) is 3. The van der Waals surface area contributed by atoms with Crippen LogP contribution in [0.3, 0.4) is 0 Å². The van der Waals surface area contributed by atoms with Crippen LogP contribution in [0.5, 0.6) is 0 Å². The van der Waals surface area contributed by atoms with Crippen molar-refractivity contribution in [3.8, 4) is 0 Å². The molecular formula is C11H18N2O6. The Hall–Kier alpha value is -1.83. The number of hydrogen-bond acceptors (Lipinski definition) is 5. The first-order chi connectivity index (χ1) is 8.92. The topological polar surface area (TPSA) is 116 Å². The van der Waals surface area contributed by atoms with E-state index in [-0.39, 0.29) is 19.0 Å². The molecule has 0 saturated carbocycles. The van der Waals surface area contributed by atoms with Gasteiger partial charge < -0.3 is 20.3 Å². The van der Waals surface area contributed by atoms with Crippen molar-refractivity contribution in [1.29, 1.82) is 0 Å². The molecule has 1 rings (SSSR count). The molecule has 1 aliphatic rings. The van der Waals surface area contributed by atoms with Crippen LogP contribution in [0.2, 0.25) is 0 Å². The summed E-state index contributed by atoms with van der Waals surface area (Å²) in [5, 5.41) is 20.2. The van der Waals surface area contributed by atoms with E-state index in [9.17, 15) is 14.4 Å². The maximum absolute atomic E-state index is 11.1. The van der Waals surface area contributed by atoms with Crippen molar-refractivity contribution >= 4 is 18.0 Å². The maximum Gasteiger partial charge on any atom is 0.407 e. The molecule has 1 fully saturated rings. The van der Waals surface area contributed by atoms with E-state index in [1.807, 2.05) is 0 Å². The van der Waals surface area contributed by atoms with Gasteiger partial charge in [-0.2, -0.15) is 0 Å². The zero-order valence-corrected chi connectivity index (χ0v) is 10.7. The number of carbonyl (C=O) groups excluding carboxylic acids is 1. The normalized spacial score (nSPS) is 23.6. The zero-order chi connectivity index (χ0) is 14.4. The Morgan fingerprint density at radius 3 is 2.53 bits per heavy atom. The van der Waals surface area contributed by atoms with Gasteiger partial charge in [0.15, 0.2) is 0 Å². The average molecular weight is 274 g/mol. The van der Waals surface area contributed by atoms with Crippen LogP contribution in [-0.2, 0) is 14.3 Å². The van der Waals surface area contributed by atoms with Crippen LogP contribution in [-0.4, -0.2) is 65.9 Å². The zero-order valence-electron chi connectivity index (χ0n) is 10.7. The molecule has 19 heavy (non-hydrogen) atoms. The maximum atomic E-state index is 11.1. The lowest BCUT2D eigenvalue weighted by Gasteiger charge is -2.35. The number of amides is 1. The Bertz CT molecular complexity index is 359. The fourth-order valence-corrected chi connectivity index (χ4v) is 2.14. The predicted octanol–water partition coefficient (Wildman–Crippen LogP) is -0.408. The summed E-state index contributed by atoms with van der Waals surface area (Å²) in [6, 6.07) is -0.351. The van der Waals surface area contributed by atoms with Crippen LogP contribution in [0, 0.1) is 5.92 Å². The van der Waals surface area contributed by atoms with Gasteiger partial charge in [-0.15, -0.1) is 0 Å². The number of rotatable bonds is 5. The summed E-state index contributed by atoms with van der Waals surface area (Å²) >= 11 is 0. The van der Waals surface area contributed by atoms with Crippen molar-refractivity contribution in [3.05, 3.63) is 0 Å². The first-order valence-electron chi connectivity index (χ1n) is 5.93. The summed E-state index contributed by atoms with van der Waals surface area (Å²) in [4.78, 5) is 34.5. The summed E-state index contributed by atoms with van der Waals surface area (Å²) in [7, 11) is 1.23. The van der Waals surface area contributed by atoms with Crippen molar-refractivity contribution in [2.24, 2.45) is 5.92 Å². The largest absolute Gasteiger partial charge is 0.481 e. The molecule has 1 heterocycles. The number of nitrogens with one attached hydrogen (secondary N) is 1. The van der Waals surface area contributed by atoms with E-state index in [4.69, 9.17) is 10.2 Å². The molecule has 2 unspecified atom stereocenters. The van der Waals surface area contributed by atoms with E-state index in [2.05, 4.69) is 10.1 Å². The molecule has 1 amide bonds. The van der Waals surface area contributed by atoms with E-state index in [1.54, 1.807) is 4.90 Å². The van der Waals surface area contributed by atoms with Gasteiger partial charge in [0, 0.05) is 25.7 Å². The monoisotopic (exact) mass is 274 g/mol. The summed E-state index contributed by atoms with van der Waals surface area (Å²) in [6.07, 6.45) is -0.361. The van der Waals surface area contributed by atoms with E-state index in [0.29, 0.717) is 19.5 Å². The molecule has 0 aromatic heterocycles. The first kappa shape index (κ1) is 15.2. The van der Waals surface area contributed by atoms with Crippen molar-refractivity contribution in [2.75, 3.05) is 26.7 Å². The number of carbonyl (C=O) groups is 3. The fraction of sp³-hybridized carbons (Fsp3) is 0.727. The highest BCUT2D eigenvalue weighted by atomic mass is 16.5. The van der Waals surface area contributed by atoms with E-state index in [0.717, 1.165) is 0 Å². The number of carboxylic acids is 2. The number of aliphatic carboxylic acids is 2. The number of nitrogens with zero attached hydrogens (tertiary/aromatic N) is 1. The second-order valence-electron chi connectivity index (χ2n) is 4.51. The molecule has 0 aromatic rings. The minimum Gasteiger partial charge on any atom is -0.481 e. The second kappa shape index (κ2) is 6.93. The van der Waals surface area contributed by atoms with Crippen LogP contribution in [0.25, 0.3) is 0 Å². The van der Waals surface area contributed by atoms with Crippen molar-refractivity contribution < 1.29 is 29.3 Å². The van der Waals surface area contributed by atoms with Crippen LogP contribution in [0.1, 0.15) is 12.8 Å². The minimum absolute atomic E-state index is 0.0583. The smallest absolute Gasteiger partial charge is 0.407 e. The van der Waals surface area contributed by atoms with E-state index in [1.165, 1.54) is 7.11 Å². The van der Waals surface area contributed by atoms with Gasteiger partial charge in [-0.25, -0.2) is 4.79 Å². The highest BCUT2D eigenvalue weighted by molar-refractivity contribution is 5.71. The Labute approximate surface area is 110 Å². The molecule has 0 spiro atoms. The molecule has 0 radical (unpaired) electrons. The molecule has 0 aromatic carbocycles. The summed E-state index contributed by atoms with van der Waals surface area (Å²) in [6.45, 7) is 0.979. The summed E-state index contributed by atoms with van der Waals surface area (Å²) in [5.74, 6) is -2.50. The highest BCUT2D eigenvalue weighted by Crippen LogP contribution is 2.17. The Balaban J connectivity index is 2.59. The Kier molecular flexibility index (Phi) is 5.56. The van der Waals surface area contributed by atoms with Gasteiger partial charge >= 0.3 is 18.0 Å². The number of alkyl carbamates (subject to hydrolysis) is 1. The minimum atomic E-state index is -0.948. The third kappa shape index (κ3) is 5.12. The number of likely N-dealkylation sites (tertiary alicyclic amines) is 1. The fourth-order valence-electron chi connectivity index (χ4n) is 2.14. The van der Waals surface area contributed by atoms with Crippen LogP contribution in [0.4, 0.5) is 4.79 Å². The van der Waals surface area contributed by atoms with Gasteiger partial charge in [-0.3, -0.25) is 14.5 Å². The molecule has 2 atom stereocenters. The second-order valence-corrected chi connectivity index (χ2v) is 4.51. The van der Waals surface area contributed by atoms with Crippen molar-refractivity contribution in [3.63, 3.8) is 0 Å². The molecule has 0 aliphatic carbocycles. The van der Waals surface area contributed by atoms with E-state index < -0.39 is 23.9 Å². The average Bonchev–Trinajstić information content (AvgIpc) is 2.35. The molecule has 108 valence electrons. The number of ether oxygens (including phenoxy) is 1. The molecule has 8 nitrogen and oxygen atoms in total. The predicted molar refractivity (Wildman–Crippen MR) is 63.8 cm³/mol. The van der Waals surface area contributed by atoms with Gasteiger partial charge in [0.2, 0.25) is 0 Å². The van der Waals surface area contributed by atoms with Crippen LogP contribution in [0.15, 0.2) is 0 Å². The lowest BCUT2D eigenvalue weighted by molar-refractivity contribution is -0.144.